The van der Waals surface area contributed by atoms with Gasteiger partial charge in [0.2, 0.25) is 5.91 Å². The molecule has 0 aromatic heterocycles. The van der Waals surface area contributed by atoms with E-state index in [-0.39, 0.29) is 17.6 Å². The van der Waals surface area contributed by atoms with Gasteiger partial charge < -0.3 is 4.90 Å². The molecule has 1 amide bonds. The molecule has 1 aromatic carbocycles. The summed E-state index contributed by atoms with van der Waals surface area (Å²) in [6, 6.07) is 10.2. The number of amides is 1. The van der Waals surface area contributed by atoms with Crippen LogP contribution in [0.25, 0.3) is 0 Å². The highest BCUT2D eigenvalue weighted by molar-refractivity contribution is 5.89. The van der Waals surface area contributed by atoms with E-state index in [1.807, 2.05) is 18.2 Å². The lowest BCUT2D eigenvalue weighted by Crippen LogP contribution is -2.41. The first-order chi connectivity index (χ1) is 8.75. The Labute approximate surface area is 107 Å². The van der Waals surface area contributed by atoms with Crippen molar-refractivity contribution in [3.63, 3.8) is 0 Å². The van der Waals surface area contributed by atoms with Crippen molar-refractivity contribution in [3.8, 4) is 0 Å². The van der Waals surface area contributed by atoms with E-state index in [1.165, 1.54) is 5.56 Å². The van der Waals surface area contributed by atoms with Crippen LogP contribution in [0.15, 0.2) is 30.3 Å². The lowest BCUT2D eigenvalue weighted by atomic mass is 10.1. The Morgan fingerprint density at radius 1 is 1.22 bits per heavy atom. The van der Waals surface area contributed by atoms with Crippen LogP contribution in [0.2, 0.25) is 0 Å². The number of rotatable bonds is 2. The molecular weight excluding hydrogens is 226 g/mol. The summed E-state index contributed by atoms with van der Waals surface area (Å²) in [6.45, 7) is 1.08. The van der Waals surface area contributed by atoms with Crippen molar-refractivity contribution in [1.82, 2.24) is 4.90 Å². The predicted molar refractivity (Wildman–Crippen MR) is 68.1 cm³/mol. The van der Waals surface area contributed by atoms with Gasteiger partial charge in [-0.2, -0.15) is 0 Å². The lowest BCUT2D eigenvalue weighted by molar-refractivity contribution is -0.138. The minimum Gasteiger partial charge on any atom is -0.335 e. The van der Waals surface area contributed by atoms with E-state index < -0.39 is 0 Å². The Bertz CT molecular complexity index is 469. The molecule has 3 heteroatoms. The Kier molecular flexibility index (Phi) is 2.90. The number of hydrogen-bond acceptors (Lipinski definition) is 2. The summed E-state index contributed by atoms with van der Waals surface area (Å²) in [4.78, 5) is 25.4. The van der Waals surface area contributed by atoms with Gasteiger partial charge in [0.1, 0.15) is 0 Å². The Balaban J connectivity index is 1.64. The normalized spacial score (nSPS) is 27.1. The van der Waals surface area contributed by atoms with Crippen LogP contribution in [0, 0.1) is 5.92 Å². The Morgan fingerprint density at radius 2 is 2.00 bits per heavy atom. The molecule has 1 saturated heterocycles. The third kappa shape index (κ3) is 2.17. The summed E-state index contributed by atoms with van der Waals surface area (Å²) in [7, 11) is 0. The van der Waals surface area contributed by atoms with Crippen LogP contribution in [0.4, 0.5) is 0 Å². The third-order valence-corrected chi connectivity index (χ3v) is 3.90. The Hall–Kier alpha value is -1.64. The molecule has 1 saturated carbocycles. The van der Waals surface area contributed by atoms with Crippen molar-refractivity contribution in [2.75, 3.05) is 13.1 Å². The zero-order chi connectivity index (χ0) is 12.5. The van der Waals surface area contributed by atoms with Crippen LogP contribution in [0.1, 0.15) is 30.7 Å². The van der Waals surface area contributed by atoms with E-state index >= 15 is 0 Å². The number of ketones is 1. The van der Waals surface area contributed by atoms with Gasteiger partial charge in [-0.1, -0.05) is 30.3 Å². The molecule has 1 aliphatic heterocycles. The van der Waals surface area contributed by atoms with Gasteiger partial charge in [0.15, 0.2) is 5.78 Å². The molecule has 0 radical (unpaired) electrons. The van der Waals surface area contributed by atoms with Gasteiger partial charge in [0, 0.05) is 18.9 Å². The van der Waals surface area contributed by atoms with Gasteiger partial charge in [0.05, 0.1) is 6.54 Å². The van der Waals surface area contributed by atoms with Gasteiger partial charge in [-0.3, -0.25) is 9.59 Å². The molecule has 94 valence electrons. The number of benzene rings is 1. The molecule has 1 heterocycles. The van der Waals surface area contributed by atoms with E-state index in [0.29, 0.717) is 18.9 Å². The number of carbonyl (C=O) groups is 2. The highest BCUT2D eigenvalue weighted by atomic mass is 16.2. The van der Waals surface area contributed by atoms with Crippen molar-refractivity contribution in [3.05, 3.63) is 35.9 Å². The standard InChI is InChI=1S/C15H17NO2/c17-12-7-4-8-16(10-12)15(18)14-9-13(14)11-5-2-1-3-6-11/h1-3,5-6,13-14H,4,7-10H2. The van der Waals surface area contributed by atoms with Crippen LogP contribution in [-0.4, -0.2) is 29.7 Å². The van der Waals surface area contributed by atoms with E-state index in [2.05, 4.69) is 12.1 Å². The third-order valence-electron chi connectivity index (χ3n) is 3.90. The second kappa shape index (κ2) is 4.56. The first-order valence-corrected chi connectivity index (χ1v) is 6.61. The second-order valence-corrected chi connectivity index (χ2v) is 5.26. The summed E-state index contributed by atoms with van der Waals surface area (Å²) >= 11 is 0. The number of Topliss-reactive ketones (excluding diaryl/α,β-unsaturated/α-hetero) is 1. The maximum atomic E-state index is 12.3. The van der Waals surface area contributed by atoms with Crippen molar-refractivity contribution in [2.45, 2.75) is 25.2 Å². The van der Waals surface area contributed by atoms with Crippen molar-refractivity contribution < 1.29 is 9.59 Å². The van der Waals surface area contributed by atoms with Crippen LogP contribution in [-0.2, 0) is 9.59 Å². The number of piperidine rings is 1. The monoisotopic (exact) mass is 243 g/mol. The highest BCUT2D eigenvalue weighted by Gasteiger charge is 2.46. The first-order valence-electron chi connectivity index (χ1n) is 6.61. The molecular formula is C15H17NO2. The molecule has 2 fully saturated rings. The van der Waals surface area contributed by atoms with E-state index in [9.17, 15) is 9.59 Å². The maximum Gasteiger partial charge on any atom is 0.226 e. The van der Waals surface area contributed by atoms with E-state index in [0.717, 1.165) is 19.4 Å². The predicted octanol–water partition coefficient (Wildman–Crippen LogP) is 1.98. The van der Waals surface area contributed by atoms with Crippen LogP contribution in [0.3, 0.4) is 0 Å². The summed E-state index contributed by atoms with van der Waals surface area (Å²) in [5, 5.41) is 0. The number of hydrogen-bond donors (Lipinski definition) is 0. The summed E-state index contributed by atoms with van der Waals surface area (Å²) < 4.78 is 0. The average molecular weight is 243 g/mol. The number of nitrogens with zero attached hydrogens (tertiary/aromatic N) is 1. The molecule has 3 rings (SSSR count). The number of carbonyl (C=O) groups excluding carboxylic acids is 2. The van der Waals surface area contributed by atoms with Crippen LogP contribution in [0.5, 0.6) is 0 Å². The van der Waals surface area contributed by atoms with E-state index in [1.54, 1.807) is 4.90 Å². The minimum atomic E-state index is 0.110. The maximum absolute atomic E-state index is 12.3. The van der Waals surface area contributed by atoms with Crippen molar-refractivity contribution >= 4 is 11.7 Å². The van der Waals surface area contributed by atoms with Gasteiger partial charge in [-0.25, -0.2) is 0 Å². The number of likely N-dealkylation sites (tertiary alicyclic amines) is 1. The molecule has 0 bridgehead atoms. The van der Waals surface area contributed by atoms with Crippen LogP contribution >= 0.6 is 0 Å². The topological polar surface area (TPSA) is 37.4 Å². The average Bonchev–Trinajstić information content (AvgIpc) is 3.19. The van der Waals surface area contributed by atoms with Crippen molar-refractivity contribution in [1.29, 1.82) is 0 Å². The van der Waals surface area contributed by atoms with Gasteiger partial charge in [-0.15, -0.1) is 0 Å². The van der Waals surface area contributed by atoms with Crippen LogP contribution < -0.4 is 0 Å². The van der Waals surface area contributed by atoms with Gasteiger partial charge in [-0.05, 0) is 24.3 Å². The first kappa shape index (κ1) is 11.5. The van der Waals surface area contributed by atoms with Crippen molar-refractivity contribution in [2.24, 2.45) is 5.92 Å². The lowest BCUT2D eigenvalue weighted by Gasteiger charge is -2.26. The molecule has 3 nitrogen and oxygen atoms in total. The van der Waals surface area contributed by atoms with E-state index in [4.69, 9.17) is 0 Å². The molecule has 0 N–H and O–H groups in total. The summed E-state index contributed by atoms with van der Waals surface area (Å²) in [5.74, 6) is 0.859. The molecule has 2 unspecified atom stereocenters. The van der Waals surface area contributed by atoms with Gasteiger partial charge >= 0.3 is 0 Å². The molecule has 1 aliphatic carbocycles. The largest absolute Gasteiger partial charge is 0.335 e. The fraction of sp³-hybridized carbons (Fsp3) is 0.467. The molecule has 2 atom stereocenters. The minimum absolute atomic E-state index is 0.110. The smallest absolute Gasteiger partial charge is 0.226 e. The Morgan fingerprint density at radius 3 is 2.72 bits per heavy atom. The fourth-order valence-electron chi connectivity index (χ4n) is 2.80. The summed E-state index contributed by atoms with van der Waals surface area (Å²) in [5.41, 5.74) is 1.25. The molecule has 0 spiro atoms. The zero-order valence-electron chi connectivity index (χ0n) is 10.3. The summed E-state index contributed by atoms with van der Waals surface area (Å²) in [6.07, 6.45) is 2.40. The molecule has 1 aromatic rings. The molecule has 2 aliphatic rings. The zero-order valence-corrected chi connectivity index (χ0v) is 10.3. The molecule has 18 heavy (non-hydrogen) atoms. The SMILES string of the molecule is O=C1CCCN(C(=O)C2CC2c2ccccc2)C1. The fourth-order valence-corrected chi connectivity index (χ4v) is 2.80. The second-order valence-electron chi connectivity index (χ2n) is 5.26. The quantitative estimate of drug-likeness (QED) is 0.796. The van der Waals surface area contributed by atoms with Gasteiger partial charge in [0.25, 0.3) is 0 Å². The highest BCUT2D eigenvalue weighted by Crippen LogP contribution is 2.48.